The monoisotopic (exact) mass is 641 g/mol. The van der Waals surface area contributed by atoms with Crippen LogP contribution in [-0.4, -0.2) is 0 Å². The van der Waals surface area contributed by atoms with Gasteiger partial charge in [0.2, 0.25) is 0 Å². The van der Waals surface area contributed by atoms with E-state index in [-0.39, 0.29) is 35.4 Å². The van der Waals surface area contributed by atoms with Gasteiger partial charge in [-0.25, -0.2) is 0 Å². The van der Waals surface area contributed by atoms with Crippen molar-refractivity contribution in [2.45, 2.75) is 0 Å². The summed E-state index contributed by atoms with van der Waals surface area (Å²) < 4.78 is 44.6. The Morgan fingerprint density at radius 2 is 1.06 bits per heavy atom. The van der Waals surface area contributed by atoms with Gasteiger partial charge in [-0.05, 0) is 97.7 Å². The zero-order valence-corrected chi connectivity index (χ0v) is 26.9. The number of hydrogen-bond donors (Lipinski definition) is 0. The van der Waals surface area contributed by atoms with Crippen LogP contribution in [0.5, 0.6) is 0 Å². The Labute approximate surface area is 295 Å². The van der Waals surface area contributed by atoms with Gasteiger partial charge in [-0.3, -0.25) is 0 Å². The summed E-state index contributed by atoms with van der Waals surface area (Å²) in [6, 6.07) is 54.0. The Morgan fingerprint density at radius 3 is 1.88 bits per heavy atom. The van der Waals surface area contributed by atoms with Crippen molar-refractivity contribution in [1.29, 1.82) is 0 Å². The minimum atomic E-state index is -0.132. The molecule has 0 saturated carbocycles. The maximum absolute atomic E-state index is 9.60. The van der Waals surface area contributed by atoms with Crippen molar-refractivity contribution in [2.24, 2.45) is 0 Å². The topological polar surface area (TPSA) is 16.4 Å². The van der Waals surface area contributed by atoms with Gasteiger partial charge < -0.3 is 9.32 Å². The first-order chi connectivity index (χ1) is 26.5. The third-order valence-electron chi connectivity index (χ3n) is 9.71. The largest absolute Gasteiger partial charge is 0.455 e. The average molecular weight is 642 g/mol. The van der Waals surface area contributed by atoms with Crippen molar-refractivity contribution >= 4 is 71.3 Å². The molecule has 10 rings (SSSR count). The first-order valence-corrected chi connectivity index (χ1v) is 16.8. The van der Waals surface area contributed by atoms with E-state index in [2.05, 4.69) is 66.7 Å². The number of benzene rings is 9. The van der Waals surface area contributed by atoms with E-state index in [0.717, 1.165) is 54.4 Å². The zero-order chi connectivity index (χ0) is 36.5. The van der Waals surface area contributed by atoms with Crippen molar-refractivity contribution in [1.82, 2.24) is 0 Å². The summed E-state index contributed by atoms with van der Waals surface area (Å²) in [5.41, 5.74) is 6.01. The molecule has 0 radical (unpaired) electrons. The van der Waals surface area contributed by atoms with Crippen molar-refractivity contribution in [3.63, 3.8) is 0 Å². The van der Waals surface area contributed by atoms with Crippen LogP contribution in [0.4, 0.5) is 17.1 Å². The minimum Gasteiger partial charge on any atom is -0.455 e. The first kappa shape index (κ1) is 24.5. The molecule has 0 aliphatic carbocycles. The smallest absolute Gasteiger partial charge is 0.143 e. The number of fused-ring (bicyclic) bond motifs is 7. The molecule has 2 nitrogen and oxygen atoms in total. The second-order valence-corrected chi connectivity index (χ2v) is 12.6. The molecular formula is C48H31NO. The van der Waals surface area contributed by atoms with Crippen LogP contribution in [0, 0.1) is 0 Å². The van der Waals surface area contributed by atoms with Crippen LogP contribution in [0.3, 0.4) is 0 Å². The molecule has 2 heteroatoms. The summed E-state index contributed by atoms with van der Waals surface area (Å²) in [6.07, 6.45) is 0. The number of anilines is 3. The summed E-state index contributed by atoms with van der Waals surface area (Å²) in [6.45, 7) is 0. The summed E-state index contributed by atoms with van der Waals surface area (Å²) in [5, 5.41) is 7.95. The molecule has 0 fully saturated rings. The van der Waals surface area contributed by atoms with E-state index in [1.54, 1.807) is 0 Å². The fourth-order valence-electron chi connectivity index (χ4n) is 7.28. The van der Waals surface area contributed by atoms with Gasteiger partial charge in [-0.1, -0.05) is 139 Å². The van der Waals surface area contributed by atoms with Gasteiger partial charge in [0, 0.05) is 22.1 Å². The minimum absolute atomic E-state index is 0.102. The number of rotatable bonds is 5. The van der Waals surface area contributed by atoms with Gasteiger partial charge in [0.15, 0.2) is 0 Å². The fourth-order valence-corrected chi connectivity index (χ4v) is 7.28. The maximum Gasteiger partial charge on any atom is 0.143 e. The molecular weight excluding hydrogens is 607 g/mol. The van der Waals surface area contributed by atoms with Crippen molar-refractivity contribution in [3.05, 3.63) is 188 Å². The van der Waals surface area contributed by atoms with E-state index in [1.807, 2.05) is 102 Å². The molecule has 0 unspecified atom stereocenters. The van der Waals surface area contributed by atoms with Crippen LogP contribution in [-0.2, 0) is 0 Å². The lowest BCUT2D eigenvalue weighted by molar-refractivity contribution is 0.672. The number of hydrogen-bond acceptors (Lipinski definition) is 2. The van der Waals surface area contributed by atoms with Crippen molar-refractivity contribution in [2.75, 3.05) is 4.90 Å². The Bertz CT molecular complexity index is 3080. The van der Waals surface area contributed by atoms with Gasteiger partial charge in [-0.2, -0.15) is 0 Å². The predicted molar refractivity (Wildman–Crippen MR) is 212 cm³/mol. The molecule has 0 aliphatic heterocycles. The van der Waals surface area contributed by atoms with Crippen LogP contribution in [0.15, 0.2) is 192 Å². The SMILES string of the molecule is [2H]c1c([2H])c(N(c2ccc(-c3ccc4ccccc4c3)cc2)c2cccc3oc4c5ccccc5ccc4c23)c([2H])c([2H])c1-c1cccc2ccccc12. The van der Waals surface area contributed by atoms with Crippen LogP contribution in [0.25, 0.3) is 76.5 Å². The van der Waals surface area contributed by atoms with Crippen molar-refractivity contribution < 1.29 is 9.90 Å². The zero-order valence-electron chi connectivity index (χ0n) is 30.9. The predicted octanol–water partition coefficient (Wildman–Crippen LogP) is 13.8. The maximum atomic E-state index is 9.60. The lowest BCUT2D eigenvalue weighted by Crippen LogP contribution is -2.10. The number of furan rings is 1. The summed E-state index contributed by atoms with van der Waals surface area (Å²) in [7, 11) is 0. The second kappa shape index (κ2) is 11.5. The Hall–Kier alpha value is -6.64. The van der Waals surface area contributed by atoms with E-state index >= 15 is 0 Å². The van der Waals surface area contributed by atoms with Crippen LogP contribution in [0.2, 0.25) is 0 Å². The van der Waals surface area contributed by atoms with Gasteiger partial charge in [0.1, 0.15) is 11.2 Å². The molecule has 0 atom stereocenters. The third kappa shape index (κ3) is 4.65. The Morgan fingerprint density at radius 1 is 0.420 bits per heavy atom. The molecule has 234 valence electrons. The molecule has 0 amide bonds. The Kier molecular flexibility index (Phi) is 5.64. The molecule has 0 N–H and O–H groups in total. The van der Waals surface area contributed by atoms with Crippen molar-refractivity contribution in [3.8, 4) is 22.3 Å². The second-order valence-electron chi connectivity index (χ2n) is 12.6. The van der Waals surface area contributed by atoms with Crippen LogP contribution < -0.4 is 4.90 Å². The highest BCUT2D eigenvalue weighted by Gasteiger charge is 2.20. The van der Waals surface area contributed by atoms with Gasteiger partial charge >= 0.3 is 0 Å². The van der Waals surface area contributed by atoms with E-state index in [4.69, 9.17) is 4.42 Å². The van der Waals surface area contributed by atoms with Gasteiger partial charge in [0.25, 0.3) is 0 Å². The quantitative estimate of drug-likeness (QED) is 0.186. The van der Waals surface area contributed by atoms with E-state index in [1.165, 1.54) is 5.39 Å². The normalized spacial score (nSPS) is 12.7. The molecule has 10 aromatic rings. The summed E-state index contributed by atoms with van der Waals surface area (Å²) >= 11 is 0. The lowest BCUT2D eigenvalue weighted by atomic mass is 9.98. The van der Waals surface area contributed by atoms with Gasteiger partial charge in [-0.15, -0.1) is 0 Å². The molecule has 50 heavy (non-hydrogen) atoms. The molecule has 1 aromatic heterocycles. The molecule has 0 saturated heterocycles. The van der Waals surface area contributed by atoms with Crippen LogP contribution in [0.1, 0.15) is 5.48 Å². The molecule has 0 bridgehead atoms. The third-order valence-corrected chi connectivity index (χ3v) is 9.71. The first-order valence-electron chi connectivity index (χ1n) is 18.8. The molecule has 0 aliphatic rings. The van der Waals surface area contributed by atoms with E-state index in [0.29, 0.717) is 22.5 Å². The molecule has 1 heterocycles. The molecule has 0 spiro atoms. The summed E-state index contributed by atoms with van der Waals surface area (Å²) in [4.78, 5) is 1.87. The van der Waals surface area contributed by atoms with Gasteiger partial charge in [0.05, 0.1) is 16.6 Å². The standard InChI is InChI=1S/C48H31NO/c1-2-12-37-31-38(20-19-32(37)9-1)33-21-26-39(27-22-33)49(40-28-23-36(24-29-40)42-16-7-13-34-10-3-5-14-41(34)42)45-17-8-18-46-47(45)44-30-25-35-11-4-6-15-43(35)48(44)50-46/h1-31H/i23D,24D,28D,29D. The van der Waals surface area contributed by atoms with E-state index < -0.39 is 0 Å². The highest BCUT2D eigenvalue weighted by molar-refractivity contribution is 6.19. The highest BCUT2D eigenvalue weighted by atomic mass is 16.3. The number of nitrogens with zero attached hydrogens (tertiary/aromatic N) is 1. The highest BCUT2D eigenvalue weighted by Crippen LogP contribution is 2.45. The fraction of sp³-hybridized carbons (Fsp3) is 0. The molecule has 9 aromatic carbocycles. The van der Waals surface area contributed by atoms with E-state index in [9.17, 15) is 5.48 Å². The van der Waals surface area contributed by atoms with Crippen LogP contribution >= 0.6 is 0 Å². The Balaban J connectivity index is 1.22. The lowest BCUT2D eigenvalue weighted by Gasteiger charge is -2.26. The average Bonchev–Trinajstić information content (AvgIpc) is 3.62. The summed E-state index contributed by atoms with van der Waals surface area (Å²) in [5.74, 6) is 0.